The summed E-state index contributed by atoms with van der Waals surface area (Å²) in [6.45, 7) is 1.12. The molecule has 0 radical (unpaired) electrons. The van der Waals surface area contributed by atoms with Crippen LogP contribution in [-0.2, 0) is 0 Å². The second-order valence-electron chi connectivity index (χ2n) is 4.43. The Morgan fingerprint density at radius 2 is 2.16 bits per heavy atom. The molecular formula is C12H14BrCl3N2O. The fraction of sp³-hybridized carbons (Fsp3) is 0.417. The lowest BCUT2D eigenvalue weighted by atomic mass is 10.2. The van der Waals surface area contributed by atoms with Gasteiger partial charge in [0.25, 0.3) is 0 Å². The van der Waals surface area contributed by atoms with Crippen LogP contribution < -0.4 is 0 Å². The molecule has 0 amide bonds. The summed E-state index contributed by atoms with van der Waals surface area (Å²) in [6.07, 6.45) is 2.36. The minimum absolute atomic E-state index is 0. The summed E-state index contributed by atoms with van der Waals surface area (Å²) < 4.78 is 6.64. The number of furan rings is 1. The predicted molar refractivity (Wildman–Crippen MR) is 85.8 cm³/mol. The molecule has 2 aromatic rings. The number of pyridine rings is 1. The molecule has 0 aromatic carbocycles. The molecule has 0 saturated carbocycles. The Morgan fingerprint density at radius 3 is 2.79 bits per heavy atom. The Bertz CT molecular complexity index is 536. The van der Waals surface area contributed by atoms with E-state index >= 15 is 0 Å². The lowest BCUT2D eigenvalue weighted by molar-refractivity contribution is 0.281. The maximum atomic E-state index is 5.98. The number of hydrogen-bond acceptors (Lipinski definition) is 3. The Labute approximate surface area is 137 Å². The zero-order valence-electron chi connectivity index (χ0n) is 10.2. The minimum atomic E-state index is 0. The maximum absolute atomic E-state index is 5.98. The van der Waals surface area contributed by atoms with E-state index in [4.69, 9.17) is 16.0 Å². The first-order chi connectivity index (χ1) is 8.15. The van der Waals surface area contributed by atoms with Gasteiger partial charge in [0.1, 0.15) is 16.4 Å². The van der Waals surface area contributed by atoms with Crippen LogP contribution in [0.1, 0.15) is 24.6 Å². The third kappa shape index (κ3) is 3.19. The number of halogens is 4. The van der Waals surface area contributed by atoms with Crippen molar-refractivity contribution in [1.82, 2.24) is 9.88 Å². The second kappa shape index (κ2) is 6.64. The number of likely N-dealkylation sites (tertiary alicyclic amines) is 1. The normalized spacial score (nSPS) is 19.2. The minimum Gasteiger partial charge on any atom is -0.458 e. The molecule has 0 spiro atoms. The van der Waals surface area contributed by atoms with E-state index in [0.717, 1.165) is 34.3 Å². The molecule has 0 N–H and O–H groups in total. The largest absolute Gasteiger partial charge is 0.458 e. The van der Waals surface area contributed by atoms with E-state index < -0.39 is 0 Å². The van der Waals surface area contributed by atoms with Gasteiger partial charge in [-0.15, -0.1) is 24.8 Å². The summed E-state index contributed by atoms with van der Waals surface area (Å²) in [5.74, 6) is 0.988. The van der Waals surface area contributed by atoms with Gasteiger partial charge < -0.3 is 4.42 Å². The van der Waals surface area contributed by atoms with E-state index in [9.17, 15) is 0 Å². The average molecular weight is 389 g/mol. The molecule has 1 fully saturated rings. The van der Waals surface area contributed by atoms with Crippen LogP contribution in [0.15, 0.2) is 21.0 Å². The van der Waals surface area contributed by atoms with E-state index in [1.807, 2.05) is 12.1 Å². The highest BCUT2D eigenvalue weighted by molar-refractivity contribution is 9.10. The summed E-state index contributed by atoms with van der Waals surface area (Å²) in [6, 6.07) is 4.25. The van der Waals surface area contributed by atoms with Gasteiger partial charge in [0, 0.05) is 12.1 Å². The molecule has 3 nitrogen and oxygen atoms in total. The molecule has 19 heavy (non-hydrogen) atoms. The lowest BCUT2D eigenvalue weighted by Crippen LogP contribution is -2.16. The van der Waals surface area contributed by atoms with Crippen molar-refractivity contribution in [3.8, 4) is 0 Å². The Kier molecular flexibility index (Phi) is 5.96. The quantitative estimate of drug-likeness (QED) is 0.654. The first-order valence-electron chi connectivity index (χ1n) is 5.61. The molecular weight excluding hydrogens is 374 g/mol. The van der Waals surface area contributed by atoms with Gasteiger partial charge >= 0.3 is 0 Å². The summed E-state index contributed by atoms with van der Waals surface area (Å²) in [5.41, 5.74) is 1.62. The van der Waals surface area contributed by atoms with Crippen molar-refractivity contribution in [3.05, 3.63) is 27.5 Å². The number of hydrogen-bond donors (Lipinski definition) is 0. The van der Waals surface area contributed by atoms with Gasteiger partial charge in [0.15, 0.2) is 5.58 Å². The fourth-order valence-electron chi connectivity index (χ4n) is 2.37. The SMILES string of the molecule is CN1CCC[C@H]1c1cc2nc(Cl)c(Br)cc2o1.Cl.Cl. The predicted octanol–water partition coefficient (Wildman–Crippen LogP) is 4.85. The third-order valence-electron chi connectivity index (χ3n) is 3.28. The summed E-state index contributed by atoms with van der Waals surface area (Å²) in [5, 5.41) is 0.477. The monoisotopic (exact) mass is 386 g/mol. The number of aromatic nitrogens is 1. The van der Waals surface area contributed by atoms with Crippen LogP contribution in [-0.4, -0.2) is 23.5 Å². The summed E-state index contributed by atoms with van der Waals surface area (Å²) >= 11 is 9.33. The second-order valence-corrected chi connectivity index (χ2v) is 5.64. The van der Waals surface area contributed by atoms with Crippen molar-refractivity contribution >= 4 is 63.4 Å². The van der Waals surface area contributed by atoms with E-state index in [1.54, 1.807) is 0 Å². The van der Waals surface area contributed by atoms with E-state index in [-0.39, 0.29) is 24.8 Å². The molecule has 106 valence electrons. The van der Waals surface area contributed by atoms with Gasteiger partial charge in [-0.25, -0.2) is 4.98 Å². The molecule has 1 atom stereocenters. The highest BCUT2D eigenvalue weighted by atomic mass is 79.9. The van der Waals surface area contributed by atoms with Gasteiger partial charge in [-0.3, -0.25) is 4.90 Å². The Morgan fingerprint density at radius 1 is 1.42 bits per heavy atom. The number of fused-ring (bicyclic) bond motifs is 1. The first-order valence-corrected chi connectivity index (χ1v) is 6.78. The van der Waals surface area contributed by atoms with E-state index in [2.05, 4.69) is 32.9 Å². The average Bonchev–Trinajstić information content (AvgIpc) is 2.85. The van der Waals surface area contributed by atoms with Crippen LogP contribution in [0.4, 0.5) is 0 Å². The lowest BCUT2D eigenvalue weighted by Gasteiger charge is -2.16. The van der Waals surface area contributed by atoms with Gasteiger partial charge in [0.05, 0.1) is 10.5 Å². The molecule has 1 aliphatic rings. The molecule has 3 rings (SSSR count). The third-order valence-corrected chi connectivity index (χ3v) is 4.40. The van der Waals surface area contributed by atoms with Crippen LogP contribution in [0.2, 0.25) is 5.15 Å². The van der Waals surface area contributed by atoms with Crippen molar-refractivity contribution in [1.29, 1.82) is 0 Å². The van der Waals surface area contributed by atoms with Crippen LogP contribution in [0.5, 0.6) is 0 Å². The number of rotatable bonds is 1. The van der Waals surface area contributed by atoms with E-state index in [0.29, 0.717) is 11.2 Å². The molecule has 0 aliphatic carbocycles. The van der Waals surface area contributed by atoms with Gasteiger partial charge in [-0.1, -0.05) is 11.6 Å². The van der Waals surface area contributed by atoms with Gasteiger partial charge in [-0.05, 0) is 42.4 Å². The topological polar surface area (TPSA) is 29.3 Å². The molecule has 2 aromatic heterocycles. The zero-order chi connectivity index (χ0) is 12.0. The number of nitrogens with zero attached hydrogens (tertiary/aromatic N) is 2. The summed E-state index contributed by atoms with van der Waals surface area (Å²) in [4.78, 5) is 6.61. The Balaban J connectivity index is 0.000000902. The standard InChI is InChI=1S/C12H12BrClN2O.2ClH/c1-16-4-2-3-9(16)11-6-8-10(17-11)5-7(13)12(14)15-8;;/h5-6,9H,2-4H2,1H3;2*1H/t9-;;/m0../s1. The van der Waals surface area contributed by atoms with E-state index in [1.165, 1.54) is 6.42 Å². The van der Waals surface area contributed by atoms with Crippen molar-refractivity contribution in [2.45, 2.75) is 18.9 Å². The Hall–Kier alpha value is -0.000000000000000111. The van der Waals surface area contributed by atoms with Crippen molar-refractivity contribution in [2.24, 2.45) is 0 Å². The van der Waals surface area contributed by atoms with Crippen LogP contribution in [0.3, 0.4) is 0 Å². The van der Waals surface area contributed by atoms with Crippen molar-refractivity contribution in [2.75, 3.05) is 13.6 Å². The molecule has 1 aliphatic heterocycles. The smallest absolute Gasteiger partial charge is 0.154 e. The fourth-order valence-corrected chi connectivity index (χ4v) is 2.82. The van der Waals surface area contributed by atoms with Crippen molar-refractivity contribution < 1.29 is 4.42 Å². The first kappa shape index (κ1) is 17.1. The van der Waals surface area contributed by atoms with Gasteiger partial charge in [-0.2, -0.15) is 0 Å². The molecule has 7 heteroatoms. The van der Waals surface area contributed by atoms with Crippen molar-refractivity contribution in [3.63, 3.8) is 0 Å². The molecule has 1 saturated heterocycles. The maximum Gasteiger partial charge on any atom is 0.154 e. The van der Waals surface area contributed by atoms with Crippen LogP contribution in [0, 0.1) is 0 Å². The summed E-state index contributed by atoms with van der Waals surface area (Å²) in [7, 11) is 2.13. The highest BCUT2D eigenvalue weighted by Gasteiger charge is 2.26. The molecule has 3 heterocycles. The van der Waals surface area contributed by atoms with Gasteiger partial charge in [0.2, 0.25) is 0 Å². The zero-order valence-corrected chi connectivity index (χ0v) is 14.2. The molecule has 0 bridgehead atoms. The molecule has 0 unspecified atom stereocenters. The van der Waals surface area contributed by atoms with Crippen LogP contribution >= 0.6 is 52.3 Å². The van der Waals surface area contributed by atoms with Crippen LogP contribution in [0.25, 0.3) is 11.1 Å². The highest BCUT2D eigenvalue weighted by Crippen LogP contribution is 2.35.